The van der Waals surface area contributed by atoms with E-state index >= 15 is 0 Å². The lowest BCUT2D eigenvalue weighted by Crippen LogP contribution is -2.15. The second-order valence-electron chi connectivity index (χ2n) is 5.89. The Labute approximate surface area is 152 Å². The molecule has 6 heteroatoms. The minimum Gasteiger partial charge on any atom is -0.495 e. The fourth-order valence-electron chi connectivity index (χ4n) is 2.51. The zero-order valence-corrected chi connectivity index (χ0v) is 14.9. The molecule has 0 fully saturated rings. The first-order valence-corrected chi connectivity index (χ1v) is 8.17. The van der Waals surface area contributed by atoms with Gasteiger partial charge in [-0.1, -0.05) is 24.3 Å². The number of rotatable bonds is 5. The predicted molar refractivity (Wildman–Crippen MR) is 102 cm³/mol. The van der Waals surface area contributed by atoms with Gasteiger partial charge < -0.3 is 15.4 Å². The fourth-order valence-corrected chi connectivity index (χ4v) is 2.51. The first-order valence-electron chi connectivity index (χ1n) is 8.17. The summed E-state index contributed by atoms with van der Waals surface area (Å²) >= 11 is 0. The number of ether oxygens (including phenoxy) is 1. The van der Waals surface area contributed by atoms with Crippen molar-refractivity contribution in [2.24, 2.45) is 0 Å². The van der Waals surface area contributed by atoms with Crippen LogP contribution in [0, 0.1) is 13.8 Å². The molecule has 3 rings (SSSR count). The molecule has 1 amide bonds. The van der Waals surface area contributed by atoms with Gasteiger partial charge in [0, 0.05) is 11.8 Å². The second-order valence-corrected chi connectivity index (χ2v) is 5.89. The van der Waals surface area contributed by atoms with Crippen LogP contribution in [0.25, 0.3) is 0 Å². The highest BCUT2D eigenvalue weighted by Crippen LogP contribution is 2.28. The van der Waals surface area contributed by atoms with Crippen molar-refractivity contribution in [3.63, 3.8) is 0 Å². The number of amides is 1. The van der Waals surface area contributed by atoms with Crippen molar-refractivity contribution in [2.45, 2.75) is 13.8 Å². The summed E-state index contributed by atoms with van der Waals surface area (Å²) in [7, 11) is 1.61. The molecule has 0 radical (unpaired) electrons. The van der Waals surface area contributed by atoms with Crippen LogP contribution in [0.3, 0.4) is 0 Å². The number of carbonyl (C=O) groups is 1. The van der Waals surface area contributed by atoms with E-state index in [1.165, 1.54) is 6.33 Å². The van der Waals surface area contributed by atoms with Crippen LogP contribution in [0.2, 0.25) is 0 Å². The first-order chi connectivity index (χ1) is 12.6. The molecular weight excluding hydrogens is 328 g/mol. The highest BCUT2D eigenvalue weighted by molar-refractivity contribution is 6.03. The zero-order chi connectivity index (χ0) is 18.5. The lowest BCUT2D eigenvalue weighted by Gasteiger charge is -2.12. The standard InChI is InChI=1S/C20H20N4O2/c1-13-8-9-18(26-3)16(10-13)23-19-11-17(21-12-22-19)20(25)24-15-7-5-4-6-14(15)2/h4-12H,1-3H3,(H,24,25)(H,21,22,23). The number of benzene rings is 2. The molecule has 1 heterocycles. The van der Waals surface area contributed by atoms with Crippen molar-refractivity contribution in [1.82, 2.24) is 9.97 Å². The second kappa shape index (κ2) is 7.65. The van der Waals surface area contributed by atoms with Gasteiger partial charge in [-0.3, -0.25) is 4.79 Å². The van der Waals surface area contributed by atoms with E-state index in [4.69, 9.17) is 4.74 Å². The molecular formula is C20H20N4O2. The number of para-hydroxylation sites is 1. The summed E-state index contributed by atoms with van der Waals surface area (Å²) in [5.41, 5.74) is 3.87. The third kappa shape index (κ3) is 3.97. The number of carbonyl (C=O) groups excluding carboxylic acids is 1. The van der Waals surface area contributed by atoms with E-state index in [2.05, 4.69) is 20.6 Å². The van der Waals surface area contributed by atoms with E-state index < -0.39 is 0 Å². The summed E-state index contributed by atoms with van der Waals surface area (Å²) in [6.45, 7) is 3.93. The Morgan fingerprint density at radius 1 is 1.00 bits per heavy atom. The van der Waals surface area contributed by atoms with Gasteiger partial charge in [-0.05, 0) is 43.2 Å². The maximum atomic E-state index is 12.5. The number of methoxy groups -OCH3 is 1. The number of aryl methyl sites for hydroxylation is 2. The van der Waals surface area contributed by atoms with Crippen molar-refractivity contribution >= 4 is 23.1 Å². The van der Waals surface area contributed by atoms with Crippen LogP contribution in [0.1, 0.15) is 21.6 Å². The summed E-state index contributed by atoms with van der Waals surface area (Å²) in [6.07, 6.45) is 1.36. The molecule has 6 nitrogen and oxygen atoms in total. The van der Waals surface area contributed by atoms with Crippen LogP contribution in [0.5, 0.6) is 5.75 Å². The molecule has 132 valence electrons. The smallest absolute Gasteiger partial charge is 0.274 e. The van der Waals surface area contributed by atoms with Gasteiger partial charge in [0.25, 0.3) is 5.91 Å². The molecule has 0 aliphatic carbocycles. The van der Waals surface area contributed by atoms with Gasteiger partial charge in [0.2, 0.25) is 0 Å². The summed E-state index contributed by atoms with van der Waals surface area (Å²) < 4.78 is 5.36. The predicted octanol–water partition coefficient (Wildman–Crippen LogP) is 4.10. The molecule has 0 spiro atoms. The third-order valence-corrected chi connectivity index (χ3v) is 3.91. The van der Waals surface area contributed by atoms with Crippen molar-refractivity contribution in [3.8, 4) is 5.75 Å². The van der Waals surface area contributed by atoms with Crippen LogP contribution in [0.4, 0.5) is 17.2 Å². The summed E-state index contributed by atoms with van der Waals surface area (Å²) in [5.74, 6) is 0.917. The van der Waals surface area contributed by atoms with Crippen molar-refractivity contribution < 1.29 is 9.53 Å². The topological polar surface area (TPSA) is 76.1 Å². The van der Waals surface area contributed by atoms with Crippen molar-refractivity contribution in [1.29, 1.82) is 0 Å². The Hall–Kier alpha value is -3.41. The molecule has 2 N–H and O–H groups in total. The Balaban J connectivity index is 1.81. The summed E-state index contributed by atoms with van der Waals surface area (Å²) in [4.78, 5) is 20.8. The fraction of sp³-hybridized carbons (Fsp3) is 0.150. The molecule has 0 saturated heterocycles. The molecule has 3 aromatic rings. The van der Waals surface area contributed by atoms with E-state index in [0.717, 1.165) is 22.5 Å². The molecule has 0 bridgehead atoms. The average molecular weight is 348 g/mol. The van der Waals surface area contributed by atoms with Gasteiger partial charge >= 0.3 is 0 Å². The molecule has 0 saturated carbocycles. The minimum atomic E-state index is -0.291. The summed E-state index contributed by atoms with van der Waals surface area (Å²) in [5, 5.41) is 6.05. The number of nitrogens with one attached hydrogen (secondary N) is 2. The molecule has 0 atom stereocenters. The molecule has 2 aromatic carbocycles. The average Bonchev–Trinajstić information content (AvgIpc) is 2.64. The van der Waals surface area contributed by atoms with Gasteiger partial charge in [-0.2, -0.15) is 0 Å². The lowest BCUT2D eigenvalue weighted by molar-refractivity contribution is 0.102. The monoisotopic (exact) mass is 348 g/mol. The molecule has 0 unspecified atom stereocenters. The minimum absolute atomic E-state index is 0.275. The van der Waals surface area contributed by atoms with Crippen LogP contribution in [0.15, 0.2) is 54.9 Å². The third-order valence-electron chi connectivity index (χ3n) is 3.91. The van der Waals surface area contributed by atoms with E-state index in [1.54, 1.807) is 13.2 Å². The number of hydrogen-bond acceptors (Lipinski definition) is 5. The Morgan fingerprint density at radius 2 is 1.81 bits per heavy atom. The number of hydrogen-bond donors (Lipinski definition) is 2. The maximum absolute atomic E-state index is 12.5. The quantitative estimate of drug-likeness (QED) is 0.726. The van der Waals surface area contributed by atoms with Crippen molar-refractivity contribution in [2.75, 3.05) is 17.7 Å². The number of aromatic nitrogens is 2. The molecule has 0 aliphatic heterocycles. The highest BCUT2D eigenvalue weighted by Gasteiger charge is 2.11. The SMILES string of the molecule is COc1ccc(C)cc1Nc1cc(C(=O)Nc2ccccc2C)ncn1. The van der Waals surface area contributed by atoms with Gasteiger partial charge in [0.15, 0.2) is 0 Å². The van der Waals surface area contributed by atoms with E-state index in [9.17, 15) is 4.79 Å². The molecule has 0 aliphatic rings. The van der Waals surface area contributed by atoms with Gasteiger partial charge in [0.05, 0.1) is 12.8 Å². The Morgan fingerprint density at radius 3 is 2.58 bits per heavy atom. The van der Waals surface area contributed by atoms with Gasteiger partial charge in [-0.25, -0.2) is 9.97 Å². The highest BCUT2D eigenvalue weighted by atomic mass is 16.5. The largest absolute Gasteiger partial charge is 0.495 e. The van der Waals surface area contributed by atoms with Crippen LogP contribution < -0.4 is 15.4 Å². The van der Waals surface area contributed by atoms with E-state index in [0.29, 0.717) is 11.6 Å². The number of nitrogens with zero attached hydrogens (tertiary/aromatic N) is 2. The summed E-state index contributed by atoms with van der Waals surface area (Å²) in [6, 6.07) is 15.0. The van der Waals surface area contributed by atoms with Gasteiger partial charge in [-0.15, -0.1) is 0 Å². The van der Waals surface area contributed by atoms with E-state index in [1.807, 2.05) is 56.3 Å². The van der Waals surface area contributed by atoms with Gasteiger partial charge in [0.1, 0.15) is 23.6 Å². The first kappa shape index (κ1) is 17.4. The molecule has 1 aromatic heterocycles. The van der Waals surface area contributed by atoms with Crippen LogP contribution in [-0.2, 0) is 0 Å². The molecule has 26 heavy (non-hydrogen) atoms. The van der Waals surface area contributed by atoms with Crippen LogP contribution >= 0.6 is 0 Å². The Kier molecular flexibility index (Phi) is 5.12. The normalized spacial score (nSPS) is 10.3. The van der Waals surface area contributed by atoms with Crippen LogP contribution in [-0.4, -0.2) is 23.0 Å². The van der Waals surface area contributed by atoms with E-state index in [-0.39, 0.29) is 11.6 Å². The number of anilines is 3. The Bertz CT molecular complexity index is 941. The van der Waals surface area contributed by atoms with Crippen molar-refractivity contribution in [3.05, 3.63) is 71.7 Å². The lowest BCUT2D eigenvalue weighted by atomic mass is 10.2. The maximum Gasteiger partial charge on any atom is 0.274 e. The zero-order valence-electron chi connectivity index (χ0n) is 14.9.